The van der Waals surface area contributed by atoms with Gasteiger partial charge in [0.1, 0.15) is 6.04 Å². The summed E-state index contributed by atoms with van der Waals surface area (Å²) in [5.74, 6) is -1.20. The molecule has 1 aromatic carbocycles. The minimum absolute atomic E-state index is 0.103. The van der Waals surface area contributed by atoms with Crippen LogP contribution in [0.3, 0.4) is 0 Å². The minimum Gasteiger partial charge on any atom is -0.480 e. The van der Waals surface area contributed by atoms with Gasteiger partial charge in [0.25, 0.3) is 0 Å². The molecule has 1 aromatic rings. The SMILES string of the molecule is Cc1ccc(Cl)c(NC(=O)CNC(C(=O)O)C2CC2)c1Cl. The van der Waals surface area contributed by atoms with Gasteiger partial charge in [-0.15, -0.1) is 0 Å². The summed E-state index contributed by atoms with van der Waals surface area (Å²) in [6.45, 7) is 1.70. The molecule has 3 N–H and O–H groups in total. The lowest BCUT2D eigenvalue weighted by molar-refractivity contribution is -0.140. The van der Waals surface area contributed by atoms with E-state index >= 15 is 0 Å². The van der Waals surface area contributed by atoms with Crippen molar-refractivity contribution in [1.82, 2.24) is 5.32 Å². The highest BCUT2D eigenvalue weighted by Gasteiger charge is 2.36. The quantitative estimate of drug-likeness (QED) is 0.749. The van der Waals surface area contributed by atoms with Crippen LogP contribution in [0.4, 0.5) is 5.69 Å². The smallest absolute Gasteiger partial charge is 0.320 e. The second-order valence-corrected chi connectivity index (χ2v) is 5.92. The first-order valence-corrected chi connectivity index (χ1v) is 7.36. The number of benzene rings is 1. The lowest BCUT2D eigenvalue weighted by Gasteiger charge is -2.15. The zero-order chi connectivity index (χ0) is 15.6. The summed E-state index contributed by atoms with van der Waals surface area (Å²) in [6.07, 6.45) is 1.75. The Balaban J connectivity index is 1.96. The van der Waals surface area contributed by atoms with Crippen LogP contribution >= 0.6 is 23.2 Å². The zero-order valence-electron chi connectivity index (χ0n) is 11.5. The lowest BCUT2D eigenvalue weighted by atomic mass is 10.2. The Morgan fingerprint density at radius 3 is 2.62 bits per heavy atom. The van der Waals surface area contributed by atoms with Crippen LogP contribution in [0.1, 0.15) is 18.4 Å². The Morgan fingerprint density at radius 2 is 2.05 bits per heavy atom. The molecule has 1 fully saturated rings. The van der Waals surface area contributed by atoms with Crippen molar-refractivity contribution in [3.05, 3.63) is 27.7 Å². The summed E-state index contributed by atoms with van der Waals surface area (Å²) in [5, 5.41) is 15.2. The molecule has 5 nitrogen and oxygen atoms in total. The average Bonchev–Trinajstić information content (AvgIpc) is 3.24. The van der Waals surface area contributed by atoms with Crippen molar-refractivity contribution in [3.8, 4) is 0 Å². The van der Waals surface area contributed by atoms with Crippen LogP contribution in [-0.4, -0.2) is 29.6 Å². The van der Waals surface area contributed by atoms with Crippen LogP contribution in [0.2, 0.25) is 10.0 Å². The summed E-state index contributed by atoms with van der Waals surface area (Å²) in [4.78, 5) is 23.0. The maximum atomic E-state index is 11.9. The Labute approximate surface area is 132 Å². The molecule has 1 aliphatic carbocycles. The topological polar surface area (TPSA) is 78.4 Å². The Morgan fingerprint density at radius 1 is 1.38 bits per heavy atom. The third-order valence-electron chi connectivity index (χ3n) is 3.39. The van der Waals surface area contributed by atoms with Crippen molar-refractivity contribution in [2.45, 2.75) is 25.8 Å². The van der Waals surface area contributed by atoms with Crippen LogP contribution in [0, 0.1) is 12.8 Å². The van der Waals surface area contributed by atoms with E-state index in [0.717, 1.165) is 18.4 Å². The van der Waals surface area contributed by atoms with Gasteiger partial charge in [0.15, 0.2) is 0 Å². The predicted molar refractivity (Wildman–Crippen MR) is 82.0 cm³/mol. The predicted octanol–water partition coefficient (Wildman–Crippen LogP) is 2.69. The number of carbonyl (C=O) groups excluding carboxylic acids is 1. The van der Waals surface area contributed by atoms with Gasteiger partial charge in [0.2, 0.25) is 5.91 Å². The molecule has 0 aromatic heterocycles. The number of halogens is 2. The molecule has 0 saturated heterocycles. The van der Waals surface area contributed by atoms with Crippen LogP contribution in [0.25, 0.3) is 0 Å². The summed E-state index contributed by atoms with van der Waals surface area (Å²) in [5.41, 5.74) is 1.15. The standard InChI is InChI=1S/C14H16Cl2N2O3/c1-7-2-5-9(15)13(11(7)16)18-10(19)6-17-12(14(20)21)8-3-4-8/h2,5,8,12,17H,3-4,6H2,1H3,(H,18,19)(H,20,21). The molecule has 21 heavy (non-hydrogen) atoms. The minimum atomic E-state index is -0.933. The van der Waals surface area contributed by atoms with Crippen molar-refractivity contribution in [2.24, 2.45) is 5.92 Å². The molecular formula is C14H16Cl2N2O3. The molecule has 114 valence electrons. The van der Waals surface area contributed by atoms with Crippen molar-refractivity contribution >= 4 is 40.8 Å². The molecule has 1 unspecified atom stereocenters. The molecule has 1 aliphatic rings. The highest BCUT2D eigenvalue weighted by Crippen LogP contribution is 2.33. The van der Waals surface area contributed by atoms with E-state index in [2.05, 4.69) is 10.6 Å². The molecule has 0 heterocycles. The van der Waals surface area contributed by atoms with Crippen molar-refractivity contribution < 1.29 is 14.7 Å². The summed E-state index contributed by atoms with van der Waals surface area (Å²) < 4.78 is 0. The Hall–Kier alpha value is -1.30. The third-order valence-corrected chi connectivity index (χ3v) is 4.19. The van der Waals surface area contributed by atoms with Crippen molar-refractivity contribution in [3.63, 3.8) is 0 Å². The summed E-state index contributed by atoms with van der Waals surface area (Å²) >= 11 is 12.1. The number of amides is 1. The van der Waals surface area contributed by atoms with Crippen LogP contribution in [-0.2, 0) is 9.59 Å². The Bertz CT molecular complexity index is 574. The van der Waals surface area contributed by atoms with Gasteiger partial charge in [0, 0.05) is 0 Å². The number of carboxylic acid groups (broad SMARTS) is 1. The van der Waals surface area contributed by atoms with Gasteiger partial charge in [0.05, 0.1) is 22.3 Å². The molecule has 0 spiro atoms. The van der Waals surface area contributed by atoms with E-state index in [1.54, 1.807) is 19.1 Å². The maximum absolute atomic E-state index is 11.9. The van der Waals surface area contributed by atoms with Gasteiger partial charge < -0.3 is 10.4 Å². The van der Waals surface area contributed by atoms with Gasteiger partial charge in [-0.05, 0) is 37.3 Å². The van der Waals surface area contributed by atoms with E-state index in [-0.39, 0.29) is 18.4 Å². The first kappa shape index (κ1) is 16.1. The van der Waals surface area contributed by atoms with E-state index in [4.69, 9.17) is 28.3 Å². The van der Waals surface area contributed by atoms with Crippen LogP contribution < -0.4 is 10.6 Å². The van der Waals surface area contributed by atoms with Gasteiger partial charge in [-0.3, -0.25) is 14.9 Å². The second-order valence-electron chi connectivity index (χ2n) is 5.14. The molecular weight excluding hydrogens is 315 g/mol. The highest BCUT2D eigenvalue weighted by atomic mass is 35.5. The van der Waals surface area contributed by atoms with E-state index in [0.29, 0.717) is 15.7 Å². The zero-order valence-corrected chi connectivity index (χ0v) is 13.0. The molecule has 0 radical (unpaired) electrons. The molecule has 1 amide bonds. The fraction of sp³-hybridized carbons (Fsp3) is 0.429. The fourth-order valence-corrected chi connectivity index (χ4v) is 2.51. The Kier molecular flexibility index (Phi) is 5.08. The molecule has 1 atom stereocenters. The molecule has 1 saturated carbocycles. The first-order chi connectivity index (χ1) is 9.90. The number of aryl methyl sites for hydroxylation is 1. The van der Waals surface area contributed by atoms with E-state index in [9.17, 15) is 9.59 Å². The van der Waals surface area contributed by atoms with Crippen LogP contribution in [0.15, 0.2) is 12.1 Å². The van der Waals surface area contributed by atoms with Gasteiger partial charge in [-0.2, -0.15) is 0 Å². The first-order valence-electron chi connectivity index (χ1n) is 6.60. The lowest BCUT2D eigenvalue weighted by Crippen LogP contribution is -2.42. The maximum Gasteiger partial charge on any atom is 0.320 e. The van der Waals surface area contributed by atoms with Gasteiger partial charge >= 0.3 is 5.97 Å². The van der Waals surface area contributed by atoms with Gasteiger partial charge in [-0.25, -0.2) is 0 Å². The summed E-state index contributed by atoms with van der Waals surface area (Å²) in [7, 11) is 0. The molecule has 7 heteroatoms. The number of hydrogen-bond acceptors (Lipinski definition) is 3. The number of nitrogens with one attached hydrogen (secondary N) is 2. The number of aliphatic carboxylic acids is 1. The number of rotatable bonds is 6. The number of anilines is 1. The van der Waals surface area contributed by atoms with Crippen molar-refractivity contribution in [2.75, 3.05) is 11.9 Å². The molecule has 0 bridgehead atoms. The van der Waals surface area contributed by atoms with E-state index < -0.39 is 12.0 Å². The third kappa shape index (κ3) is 4.09. The number of carbonyl (C=O) groups is 2. The second kappa shape index (κ2) is 6.64. The largest absolute Gasteiger partial charge is 0.480 e. The molecule has 0 aliphatic heterocycles. The van der Waals surface area contributed by atoms with Gasteiger partial charge in [-0.1, -0.05) is 29.3 Å². The normalized spacial score (nSPS) is 15.6. The van der Waals surface area contributed by atoms with E-state index in [1.807, 2.05) is 0 Å². The monoisotopic (exact) mass is 330 g/mol. The summed E-state index contributed by atoms with van der Waals surface area (Å²) in [6, 6.07) is 2.72. The van der Waals surface area contributed by atoms with Crippen LogP contribution in [0.5, 0.6) is 0 Å². The number of carboxylic acids is 1. The highest BCUT2D eigenvalue weighted by molar-refractivity contribution is 6.40. The fourth-order valence-electron chi connectivity index (χ4n) is 2.04. The number of hydrogen-bond donors (Lipinski definition) is 3. The van der Waals surface area contributed by atoms with Crippen molar-refractivity contribution in [1.29, 1.82) is 0 Å². The average molecular weight is 331 g/mol. The van der Waals surface area contributed by atoms with E-state index in [1.165, 1.54) is 0 Å². The molecule has 2 rings (SSSR count).